The number of hydrogen-bond donors (Lipinski definition) is 1. The summed E-state index contributed by atoms with van der Waals surface area (Å²) in [5.74, 6) is 0.0486. The molecule has 0 saturated carbocycles. The summed E-state index contributed by atoms with van der Waals surface area (Å²) in [5.41, 5.74) is 1.54. The fraction of sp³-hybridized carbons (Fsp3) is 0.273. The van der Waals surface area contributed by atoms with Gasteiger partial charge in [-0.3, -0.25) is 9.89 Å². The van der Waals surface area contributed by atoms with E-state index in [1.54, 1.807) is 13.0 Å². The molecule has 3 heteroatoms. The fourth-order valence-corrected chi connectivity index (χ4v) is 1.23. The molecule has 0 unspecified atom stereocenters. The molecule has 0 aliphatic heterocycles. The van der Waals surface area contributed by atoms with Crippen molar-refractivity contribution in [3.63, 3.8) is 0 Å². The van der Waals surface area contributed by atoms with E-state index >= 15 is 0 Å². The Morgan fingerprint density at radius 3 is 2.57 bits per heavy atom. The van der Waals surface area contributed by atoms with E-state index in [9.17, 15) is 4.79 Å². The molecule has 1 rings (SSSR count). The minimum Gasteiger partial charge on any atom is -0.295 e. The minimum atomic E-state index is 0.0486. The highest BCUT2D eigenvalue weighted by Gasteiger charge is 2.00. The van der Waals surface area contributed by atoms with Gasteiger partial charge in [0.15, 0.2) is 5.78 Å². The van der Waals surface area contributed by atoms with Crippen LogP contribution >= 0.6 is 0 Å². The average molecular weight is 190 g/mol. The molecule has 0 bridgehead atoms. The van der Waals surface area contributed by atoms with Crippen LogP contribution in [0.1, 0.15) is 19.5 Å². The molecule has 0 fully saturated rings. The first kappa shape index (κ1) is 10.4. The van der Waals surface area contributed by atoms with Gasteiger partial charge in [0.2, 0.25) is 0 Å². The van der Waals surface area contributed by atoms with Crippen LogP contribution in [-0.4, -0.2) is 16.0 Å². The normalized spacial score (nSPS) is 13.4. The van der Waals surface area contributed by atoms with Crippen molar-refractivity contribution >= 4 is 18.4 Å². The van der Waals surface area contributed by atoms with Crippen LogP contribution in [0.25, 0.3) is 12.7 Å². The van der Waals surface area contributed by atoms with Crippen LogP contribution in [0.15, 0.2) is 11.6 Å². The van der Waals surface area contributed by atoms with Crippen molar-refractivity contribution in [1.29, 1.82) is 0 Å². The van der Waals surface area contributed by atoms with E-state index in [0.29, 0.717) is 5.57 Å². The lowest BCUT2D eigenvalue weighted by molar-refractivity contribution is -0.113. The molecule has 1 aromatic heterocycles. The first-order chi connectivity index (χ1) is 6.56. The molecular weight excluding hydrogens is 176 g/mol. The summed E-state index contributed by atoms with van der Waals surface area (Å²) in [6, 6.07) is 0. The van der Waals surface area contributed by atoms with Gasteiger partial charge in [-0.1, -0.05) is 12.7 Å². The Morgan fingerprint density at radius 1 is 1.57 bits per heavy atom. The first-order valence-electron chi connectivity index (χ1n) is 4.45. The van der Waals surface area contributed by atoms with E-state index in [1.807, 2.05) is 19.9 Å². The minimum absolute atomic E-state index is 0.0486. The van der Waals surface area contributed by atoms with Crippen LogP contribution in [0.5, 0.6) is 0 Å². The number of aromatic amines is 1. The summed E-state index contributed by atoms with van der Waals surface area (Å²) >= 11 is 0. The number of allylic oxidation sites excluding steroid dienone is 2. The van der Waals surface area contributed by atoms with Crippen molar-refractivity contribution in [2.24, 2.45) is 0 Å². The fourth-order valence-electron chi connectivity index (χ4n) is 1.23. The number of aryl methyl sites for hydroxylation is 1. The van der Waals surface area contributed by atoms with E-state index in [1.165, 1.54) is 0 Å². The largest absolute Gasteiger partial charge is 0.295 e. The third-order valence-electron chi connectivity index (χ3n) is 2.09. The summed E-state index contributed by atoms with van der Waals surface area (Å²) < 4.78 is 0. The predicted molar refractivity (Wildman–Crippen MR) is 57.0 cm³/mol. The van der Waals surface area contributed by atoms with Gasteiger partial charge < -0.3 is 0 Å². The van der Waals surface area contributed by atoms with Crippen LogP contribution < -0.4 is 10.6 Å². The third-order valence-corrected chi connectivity index (χ3v) is 2.09. The summed E-state index contributed by atoms with van der Waals surface area (Å²) in [7, 11) is 0. The van der Waals surface area contributed by atoms with Gasteiger partial charge in [0.05, 0.1) is 11.0 Å². The van der Waals surface area contributed by atoms with Gasteiger partial charge in [0.25, 0.3) is 0 Å². The topological polar surface area (TPSA) is 45.8 Å². The Bertz CT molecular complexity index is 480. The quantitative estimate of drug-likeness (QED) is 0.688. The molecular formula is C11H14N2O. The van der Waals surface area contributed by atoms with E-state index in [0.717, 1.165) is 16.3 Å². The van der Waals surface area contributed by atoms with Crippen LogP contribution in [-0.2, 0) is 4.79 Å². The van der Waals surface area contributed by atoms with E-state index in [4.69, 9.17) is 0 Å². The Labute approximate surface area is 82.8 Å². The predicted octanol–water partition coefficient (Wildman–Crippen LogP) is 0.444. The number of H-pyrrole nitrogens is 1. The maximum atomic E-state index is 11.2. The molecule has 0 aromatic carbocycles. The van der Waals surface area contributed by atoms with Gasteiger partial charge in [-0.25, -0.2) is 0 Å². The number of ketones is 1. The molecule has 0 aliphatic rings. The number of nitrogens with one attached hydrogen (secondary N) is 1. The van der Waals surface area contributed by atoms with Crippen molar-refractivity contribution in [2.75, 3.05) is 0 Å². The number of nitrogens with zero attached hydrogens (tertiary/aromatic N) is 1. The zero-order valence-corrected chi connectivity index (χ0v) is 8.72. The van der Waals surface area contributed by atoms with Crippen LogP contribution in [0.2, 0.25) is 0 Å². The van der Waals surface area contributed by atoms with Crippen molar-refractivity contribution < 1.29 is 4.79 Å². The summed E-state index contributed by atoms with van der Waals surface area (Å²) in [5, 5.41) is 8.42. The van der Waals surface area contributed by atoms with Crippen molar-refractivity contribution in [2.45, 2.75) is 20.8 Å². The zero-order valence-electron chi connectivity index (χ0n) is 8.72. The van der Waals surface area contributed by atoms with Crippen molar-refractivity contribution in [3.8, 4) is 0 Å². The average Bonchev–Trinajstić information content (AvgIpc) is 2.43. The number of carbonyl (C=O) groups excluding carboxylic acids is 1. The van der Waals surface area contributed by atoms with Crippen molar-refractivity contribution in [3.05, 3.63) is 27.9 Å². The third kappa shape index (κ3) is 1.99. The maximum Gasteiger partial charge on any atom is 0.159 e. The van der Waals surface area contributed by atoms with Gasteiger partial charge in [0.1, 0.15) is 0 Å². The highest BCUT2D eigenvalue weighted by Crippen LogP contribution is 1.96. The lowest BCUT2D eigenvalue weighted by Gasteiger charge is -1.92. The number of aromatic nitrogens is 2. The summed E-state index contributed by atoms with van der Waals surface area (Å²) in [6.45, 7) is 9.06. The van der Waals surface area contributed by atoms with Crippen molar-refractivity contribution in [1.82, 2.24) is 10.2 Å². The van der Waals surface area contributed by atoms with Crippen LogP contribution in [0.4, 0.5) is 0 Å². The molecule has 14 heavy (non-hydrogen) atoms. The van der Waals surface area contributed by atoms with E-state index < -0.39 is 0 Å². The Balaban J connectivity index is 3.36. The number of rotatable bonds is 2. The molecule has 1 N–H and O–H groups in total. The molecule has 74 valence electrons. The Morgan fingerprint density at radius 2 is 2.21 bits per heavy atom. The van der Waals surface area contributed by atoms with Gasteiger partial charge >= 0.3 is 0 Å². The lowest BCUT2D eigenvalue weighted by atomic mass is 10.1. The molecule has 0 spiro atoms. The smallest absolute Gasteiger partial charge is 0.159 e. The van der Waals surface area contributed by atoms with Gasteiger partial charge in [-0.05, 0) is 26.8 Å². The molecule has 1 heterocycles. The maximum absolute atomic E-state index is 11.2. The van der Waals surface area contributed by atoms with Crippen LogP contribution in [0.3, 0.4) is 0 Å². The van der Waals surface area contributed by atoms with Gasteiger partial charge in [-0.15, -0.1) is 0 Å². The highest BCUT2D eigenvalue weighted by molar-refractivity contribution is 6.01. The SMILES string of the molecule is C=c1[nH]nc(C)/c1=C/C(=C\C)C(C)=O. The number of hydrogen-bond acceptors (Lipinski definition) is 2. The number of Topliss-reactive ketones (excluding diaryl/α,β-unsaturated/α-hetero) is 1. The Hall–Kier alpha value is -1.64. The molecule has 3 nitrogen and oxygen atoms in total. The summed E-state index contributed by atoms with van der Waals surface area (Å²) in [4.78, 5) is 11.2. The van der Waals surface area contributed by atoms with E-state index in [-0.39, 0.29) is 5.78 Å². The monoisotopic (exact) mass is 190 g/mol. The Kier molecular flexibility index (Phi) is 3.02. The van der Waals surface area contributed by atoms with Gasteiger partial charge in [0, 0.05) is 10.8 Å². The first-order valence-corrected chi connectivity index (χ1v) is 4.45. The molecule has 0 atom stereocenters. The standard InChI is InChI=1S/C11H14N2O/c1-5-10(9(4)14)6-11-7(2)12-13-8(11)3/h5-6,12H,2H2,1,3-4H3/b10-5+,11-6+. The highest BCUT2D eigenvalue weighted by atomic mass is 16.1. The molecule has 0 radical (unpaired) electrons. The van der Waals surface area contributed by atoms with E-state index in [2.05, 4.69) is 16.8 Å². The zero-order chi connectivity index (χ0) is 10.7. The molecule has 0 amide bonds. The van der Waals surface area contributed by atoms with Crippen LogP contribution in [0, 0.1) is 6.92 Å². The molecule has 0 saturated heterocycles. The molecule has 1 aromatic rings. The number of carbonyl (C=O) groups is 1. The summed E-state index contributed by atoms with van der Waals surface area (Å²) in [6.07, 6.45) is 3.59. The second-order valence-electron chi connectivity index (χ2n) is 3.15. The lowest BCUT2D eigenvalue weighted by Crippen LogP contribution is -2.23. The van der Waals surface area contributed by atoms with Gasteiger partial charge in [-0.2, -0.15) is 5.10 Å². The second kappa shape index (κ2) is 4.05. The molecule has 0 aliphatic carbocycles. The second-order valence-corrected chi connectivity index (χ2v) is 3.15.